The summed E-state index contributed by atoms with van der Waals surface area (Å²) in [7, 11) is 4.16. The van der Waals surface area contributed by atoms with E-state index in [1.165, 1.54) is 16.7 Å². The molecule has 0 aliphatic carbocycles. The van der Waals surface area contributed by atoms with Crippen molar-refractivity contribution in [1.82, 2.24) is 4.90 Å². The number of hydrogen-bond acceptors (Lipinski definition) is 1. The Bertz CT molecular complexity index is 492. The smallest absolute Gasteiger partial charge is 0.0406 e. The van der Waals surface area contributed by atoms with Crippen molar-refractivity contribution in [2.24, 2.45) is 0 Å². The van der Waals surface area contributed by atoms with Gasteiger partial charge in [0.15, 0.2) is 0 Å². The Kier molecular flexibility index (Phi) is 5.67. The molecule has 0 N–H and O–H groups in total. The summed E-state index contributed by atoms with van der Waals surface area (Å²) >= 11 is 5.92. The summed E-state index contributed by atoms with van der Waals surface area (Å²) in [4.78, 5) is 2.18. The predicted molar refractivity (Wildman–Crippen MR) is 81.5 cm³/mol. The van der Waals surface area contributed by atoms with Gasteiger partial charge in [-0.05, 0) is 42.9 Å². The summed E-state index contributed by atoms with van der Waals surface area (Å²) < 4.78 is 0. The predicted octanol–water partition coefficient (Wildman–Crippen LogP) is 4.49. The molecule has 2 aromatic rings. The minimum Gasteiger partial charge on any atom is -0.305 e. The van der Waals surface area contributed by atoms with Crippen LogP contribution >= 0.6 is 24.0 Å². The van der Waals surface area contributed by atoms with Crippen molar-refractivity contribution in [3.05, 3.63) is 59.1 Å². The van der Waals surface area contributed by atoms with E-state index in [2.05, 4.69) is 55.4 Å². The summed E-state index contributed by atoms with van der Waals surface area (Å²) in [5.74, 6) is 0. The molecule has 0 saturated heterocycles. The van der Waals surface area contributed by atoms with Gasteiger partial charge < -0.3 is 4.90 Å². The highest BCUT2D eigenvalue weighted by atomic mass is 35.5. The fraction of sp³-hybridized carbons (Fsp3) is 0.200. The zero-order valence-electron chi connectivity index (χ0n) is 10.6. The maximum Gasteiger partial charge on any atom is 0.0406 e. The highest BCUT2D eigenvalue weighted by Crippen LogP contribution is 2.25. The molecule has 0 unspecified atom stereocenters. The minimum atomic E-state index is 0. The van der Waals surface area contributed by atoms with Crippen molar-refractivity contribution < 1.29 is 0 Å². The van der Waals surface area contributed by atoms with Crippen LogP contribution in [0.2, 0.25) is 5.02 Å². The number of hydrogen-bond donors (Lipinski definition) is 0. The summed E-state index contributed by atoms with van der Waals surface area (Å²) in [6, 6.07) is 16.5. The van der Waals surface area contributed by atoms with Gasteiger partial charge >= 0.3 is 0 Å². The lowest BCUT2D eigenvalue weighted by Crippen LogP contribution is -2.11. The fourth-order valence-electron chi connectivity index (χ4n) is 1.91. The van der Waals surface area contributed by atoms with E-state index in [-0.39, 0.29) is 12.4 Å². The van der Waals surface area contributed by atoms with Crippen LogP contribution < -0.4 is 0 Å². The molecule has 0 fully saturated rings. The van der Waals surface area contributed by atoms with Crippen molar-refractivity contribution >= 4 is 24.0 Å². The number of benzene rings is 2. The zero-order chi connectivity index (χ0) is 12.3. The van der Waals surface area contributed by atoms with Gasteiger partial charge in [-0.15, -0.1) is 12.4 Å². The second kappa shape index (κ2) is 6.79. The molecule has 0 heterocycles. The Labute approximate surface area is 120 Å². The van der Waals surface area contributed by atoms with Crippen molar-refractivity contribution in [1.29, 1.82) is 0 Å². The van der Waals surface area contributed by atoms with Gasteiger partial charge in [0.1, 0.15) is 0 Å². The molecule has 0 atom stereocenters. The third kappa shape index (κ3) is 3.74. The topological polar surface area (TPSA) is 3.24 Å². The van der Waals surface area contributed by atoms with E-state index in [0.717, 1.165) is 11.6 Å². The normalized spacial score (nSPS) is 10.2. The first-order valence-corrected chi connectivity index (χ1v) is 6.03. The van der Waals surface area contributed by atoms with Crippen LogP contribution in [0.4, 0.5) is 0 Å². The third-order valence-corrected chi connectivity index (χ3v) is 2.91. The molecular weight excluding hydrogens is 265 g/mol. The summed E-state index contributed by atoms with van der Waals surface area (Å²) in [6.45, 7) is 0.943. The lowest BCUT2D eigenvalue weighted by Gasteiger charge is -2.14. The Balaban J connectivity index is 0.00000162. The highest BCUT2D eigenvalue weighted by molar-refractivity contribution is 6.30. The largest absolute Gasteiger partial charge is 0.305 e. The quantitative estimate of drug-likeness (QED) is 0.801. The number of nitrogens with zero attached hydrogens (tertiary/aromatic N) is 1. The molecule has 2 aromatic carbocycles. The molecule has 0 aromatic heterocycles. The van der Waals surface area contributed by atoms with E-state index in [4.69, 9.17) is 11.6 Å². The maximum absolute atomic E-state index is 5.92. The second-order valence-corrected chi connectivity index (χ2v) is 4.84. The van der Waals surface area contributed by atoms with Crippen molar-refractivity contribution in [3.8, 4) is 11.1 Å². The van der Waals surface area contributed by atoms with Gasteiger partial charge in [-0.2, -0.15) is 0 Å². The fourth-order valence-corrected chi connectivity index (χ4v) is 2.04. The van der Waals surface area contributed by atoms with Crippen molar-refractivity contribution in [3.63, 3.8) is 0 Å². The van der Waals surface area contributed by atoms with E-state index in [1.54, 1.807) is 0 Å². The van der Waals surface area contributed by atoms with E-state index >= 15 is 0 Å². The first-order chi connectivity index (χ1) is 8.16. The first-order valence-electron chi connectivity index (χ1n) is 5.65. The average Bonchev–Trinajstić information content (AvgIpc) is 2.30. The summed E-state index contributed by atoms with van der Waals surface area (Å²) in [5, 5.41) is 0.777. The standard InChI is InChI=1S/C15H16ClN.ClH/c1-17(2)11-13-5-3-4-6-15(13)12-7-9-14(16)10-8-12;/h3-10H,11H2,1-2H3;1H. The molecule has 3 heteroatoms. The molecule has 96 valence electrons. The highest BCUT2D eigenvalue weighted by Gasteiger charge is 2.05. The maximum atomic E-state index is 5.92. The lowest BCUT2D eigenvalue weighted by atomic mass is 9.99. The third-order valence-electron chi connectivity index (χ3n) is 2.66. The first kappa shape index (κ1) is 15.0. The van der Waals surface area contributed by atoms with Gasteiger partial charge in [0, 0.05) is 11.6 Å². The van der Waals surface area contributed by atoms with Crippen LogP contribution in [0.3, 0.4) is 0 Å². The van der Waals surface area contributed by atoms with Gasteiger partial charge in [-0.3, -0.25) is 0 Å². The SMILES string of the molecule is CN(C)Cc1ccccc1-c1ccc(Cl)cc1.Cl. The number of halogens is 2. The molecule has 1 nitrogen and oxygen atoms in total. The van der Waals surface area contributed by atoms with E-state index in [1.807, 2.05) is 12.1 Å². The van der Waals surface area contributed by atoms with Gasteiger partial charge in [0.25, 0.3) is 0 Å². The molecule has 0 aliphatic heterocycles. The van der Waals surface area contributed by atoms with Crippen LogP contribution in [0.5, 0.6) is 0 Å². The Morgan fingerprint density at radius 2 is 1.56 bits per heavy atom. The van der Waals surface area contributed by atoms with Crippen LogP contribution in [0.15, 0.2) is 48.5 Å². The zero-order valence-corrected chi connectivity index (χ0v) is 12.1. The molecule has 0 spiro atoms. The van der Waals surface area contributed by atoms with E-state index < -0.39 is 0 Å². The Morgan fingerprint density at radius 3 is 2.17 bits per heavy atom. The van der Waals surface area contributed by atoms with Gasteiger partial charge in [0.2, 0.25) is 0 Å². The van der Waals surface area contributed by atoms with Crippen molar-refractivity contribution in [2.45, 2.75) is 6.54 Å². The molecular formula is C15H17Cl2N. The van der Waals surface area contributed by atoms with Crippen LogP contribution in [0, 0.1) is 0 Å². The summed E-state index contributed by atoms with van der Waals surface area (Å²) in [6.07, 6.45) is 0. The number of rotatable bonds is 3. The molecule has 0 amide bonds. The van der Waals surface area contributed by atoms with E-state index in [9.17, 15) is 0 Å². The van der Waals surface area contributed by atoms with Gasteiger partial charge in [-0.1, -0.05) is 48.0 Å². The molecule has 0 saturated carbocycles. The molecule has 2 rings (SSSR count). The van der Waals surface area contributed by atoms with Crippen LogP contribution in [0.1, 0.15) is 5.56 Å². The van der Waals surface area contributed by atoms with Crippen LogP contribution in [-0.4, -0.2) is 19.0 Å². The molecule has 0 aliphatic rings. The monoisotopic (exact) mass is 281 g/mol. The molecule has 0 bridgehead atoms. The van der Waals surface area contributed by atoms with Crippen LogP contribution in [-0.2, 0) is 6.54 Å². The van der Waals surface area contributed by atoms with Gasteiger partial charge in [-0.25, -0.2) is 0 Å². The molecule has 18 heavy (non-hydrogen) atoms. The summed E-state index contributed by atoms with van der Waals surface area (Å²) in [5.41, 5.74) is 3.82. The second-order valence-electron chi connectivity index (χ2n) is 4.40. The molecule has 0 radical (unpaired) electrons. The van der Waals surface area contributed by atoms with Gasteiger partial charge in [0.05, 0.1) is 0 Å². The Hall–Kier alpha value is -1.02. The van der Waals surface area contributed by atoms with Crippen molar-refractivity contribution in [2.75, 3.05) is 14.1 Å². The minimum absolute atomic E-state index is 0. The average molecular weight is 282 g/mol. The lowest BCUT2D eigenvalue weighted by molar-refractivity contribution is 0.403. The van der Waals surface area contributed by atoms with Crippen LogP contribution in [0.25, 0.3) is 11.1 Å². The Morgan fingerprint density at radius 1 is 0.944 bits per heavy atom. The van der Waals surface area contributed by atoms with E-state index in [0.29, 0.717) is 0 Å².